The fourth-order valence-corrected chi connectivity index (χ4v) is 3.10. The van der Waals surface area contributed by atoms with Crippen molar-refractivity contribution >= 4 is 17.2 Å². The first-order valence-corrected chi connectivity index (χ1v) is 8.51. The Bertz CT molecular complexity index is 590. The predicted molar refractivity (Wildman–Crippen MR) is 93.2 cm³/mol. The van der Waals surface area contributed by atoms with Crippen LogP contribution in [-0.4, -0.2) is 18.0 Å². The fourth-order valence-electron chi connectivity index (χ4n) is 2.29. The Labute approximate surface area is 136 Å². The molecule has 0 saturated carbocycles. The summed E-state index contributed by atoms with van der Waals surface area (Å²) in [6.45, 7) is 7.94. The molecular weight excluding hydrogens is 292 g/mol. The Morgan fingerprint density at radius 3 is 2.32 bits per heavy atom. The summed E-state index contributed by atoms with van der Waals surface area (Å²) in [6.07, 6.45) is 0. The average molecular weight is 316 g/mol. The van der Waals surface area contributed by atoms with Crippen molar-refractivity contribution in [3.63, 3.8) is 0 Å². The summed E-state index contributed by atoms with van der Waals surface area (Å²) in [5.74, 6) is 0.0312. The zero-order valence-electron chi connectivity index (χ0n) is 13.6. The van der Waals surface area contributed by atoms with Crippen molar-refractivity contribution in [2.24, 2.45) is 0 Å². The highest BCUT2D eigenvalue weighted by atomic mass is 32.1. The van der Waals surface area contributed by atoms with Crippen LogP contribution in [0, 0.1) is 6.92 Å². The number of hydrogen-bond acceptors (Lipinski definition) is 3. The van der Waals surface area contributed by atoms with E-state index in [0.29, 0.717) is 0 Å². The van der Waals surface area contributed by atoms with E-state index in [1.165, 1.54) is 16.0 Å². The molecule has 2 atom stereocenters. The summed E-state index contributed by atoms with van der Waals surface area (Å²) in [5.41, 5.74) is 2.41. The van der Waals surface area contributed by atoms with E-state index in [4.69, 9.17) is 0 Å². The first kappa shape index (κ1) is 16.7. The standard InChI is InChI=1S/C18H24N2OS/c1-12(2)19-18(21)14(4)20-17(16-6-5-11-22-16)15-9-7-13(3)8-10-15/h5-12,14,17,20H,1-4H3,(H,19,21)/t14-,17+/m1/s1. The van der Waals surface area contributed by atoms with E-state index in [2.05, 4.69) is 53.3 Å². The lowest BCUT2D eigenvalue weighted by molar-refractivity contribution is -0.123. The van der Waals surface area contributed by atoms with Gasteiger partial charge >= 0.3 is 0 Å². The molecule has 0 aliphatic carbocycles. The lowest BCUT2D eigenvalue weighted by atomic mass is 10.0. The van der Waals surface area contributed by atoms with Crippen molar-refractivity contribution in [1.29, 1.82) is 0 Å². The number of hydrogen-bond donors (Lipinski definition) is 2. The molecule has 0 fully saturated rings. The van der Waals surface area contributed by atoms with Crippen molar-refractivity contribution in [3.05, 3.63) is 57.8 Å². The molecule has 2 N–H and O–H groups in total. The highest BCUT2D eigenvalue weighted by molar-refractivity contribution is 7.10. The van der Waals surface area contributed by atoms with Gasteiger partial charge < -0.3 is 5.32 Å². The molecule has 0 aliphatic rings. The first-order valence-electron chi connectivity index (χ1n) is 7.63. The molecule has 2 aromatic rings. The molecule has 0 unspecified atom stereocenters. The quantitative estimate of drug-likeness (QED) is 0.854. The summed E-state index contributed by atoms with van der Waals surface area (Å²) in [5, 5.41) is 8.48. The van der Waals surface area contributed by atoms with Crippen molar-refractivity contribution < 1.29 is 4.79 Å². The molecule has 1 aromatic carbocycles. The number of thiophene rings is 1. The van der Waals surface area contributed by atoms with Crippen LogP contribution in [-0.2, 0) is 4.79 Å². The molecule has 3 nitrogen and oxygen atoms in total. The molecule has 1 heterocycles. The molecular formula is C18H24N2OS. The topological polar surface area (TPSA) is 41.1 Å². The van der Waals surface area contributed by atoms with E-state index < -0.39 is 0 Å². The summed E-state index contributed by atoms with van der Waals surface area (Å²) in [7, 11) is 0. The lowest BCUT2D eigenvalue weighted by Crippen LogP contribution is -2.45. The zero-order chi connectivity index (χ0) is 16.1. The second kappa shape index (κ2) is 7.56. The van der Waals surface area contributed by atoms with Gasteiger partial charge in [-0.25, -0.2) is 0 Å². The second-order valence-electron chi connectivity index (χ2n) is 5.91. The smallest absolute Gasteiger partial charge is 0.237 e. The molecule has 0 radical (unpaired) electrons. The number of nitrogens with one attached hydrogen (secondary N) is 2. The van der Waals surface area contributed by atoms with Gasteiger partial charge in [0.1, 0.15) is 0 Å². The van der Waals surface area contributed by atoms with E-state index in [9.17, 15) is 4.79 Å². The lowest BCUT2D eigenvalue weighted by Gasteiger charge is -2.23. The summed E-state index contributed by atoms with van der Waals surface area (Å²) in [6, 6.07) is 12.5. The van der Waals surface area contributed by atoms with Gasteiger partial charge in [-0.2, -0.15) is 0 Å². The van der Waals surface area contributed by atoms with Gasteiger partial charge in [-0.1, -0.05) is 35.9 Å². The Morgan fingerprint density at radius 2 is 1.77 bits per heavy atom. The van der Waals surface area contributed by atoms with Gasteiger partial charge in [-0.05, 0) is 44.7 Å². The minimum Gasteiger partial charge on any atom is -0.353 e. The fraction of sp³-hybridized carbons (Fsp3) is 0.389. The molecule has 4 heteroatoms. The number of benzene rings is 1. The number of rotatable bonds is 6. The minimum absolute atomic E-state index is 0.0312. The Balaban J connectivity index is 2.19. The first-order chi connectivity index (χ1) is 10.5. The Hall–Kier alpha value is -1.65. The van der Waals surface area contributed by atoms with Gasteiger partial charge in [-0.15, -0.1) is 11.3 Å². The van der Waals surface area contributed by atoms with Crippen LogP contribution in [0.1, 0.15) is 42.8 Å². The average Bonchev–Trinajstić information content (AvgIpc) is 2.98. The zero-order valence-corrected chi connectivity index (χ0v) is 14.4. The highest BCUT2D eigenvalue weighted by Gasteiger charge is 2.21. The second-order valence-corrected chi connectivity index (χ2v) is 6.89. The van der Waals surface area contributed by atoms with Crippen LogP contribution in [0.25, 0.3) is 0 Å². The van der Waals surface area contributed by atoms with Crippen LogP contribution in [0.15, 0.2) is 41.8 Å². The minimum atomic E-state index is -0.254. The van der Waals surface area contributed by atoms with E-state index in [1.54, 1.807) is 11.3 Å². The Kier molecular flexibility index (Phi) is 5.75. The highest BCUT2D eigenvalue weighted by Crippen LogP contribution is 2.26. The number of aryl methyl sites for hydroxylation is 1. The van der Waals surface area contributed by atoms with Crippen molar-refractivity contribution in [2.75, 3.05) is 0 Å². The summed E-state index contributed by atoms with van der Waals surface area (Å²) < 4.78 is 0. The normalized spacial score (nSPS) is 13.9. The van der Waals surface area contributed by atoms with E-state index in [1.807, 2.05) is 26.8 Å². The predicted octanol–water partition coefficient (Wildman–Crippen LogP) is 3.65. The van der Waals surface area contributed by atoms with E-state index in [0.717, 1.165) is 0 Å². The van der Waals surface area contributed by atoms with Gasteiger partial charge in [0, 0.05) is 10.9 Å². The van der Waals surface area contributed by atoms with Crippen molar-refractivity contribution in [1.82, 2.24) is 10.6 Å². The monoisotopic (exact) mass is 316 g/mol. The van der Waals surface area contributed by atoms with Crippen LogP contribution >= 0.6 is 11.3 Å². The largest absolute Gasteiger partial charge is 0.353 e. The molecule has 22 heavy (non-hydrogen) atoms. The molecule has 0 spiro atoms. The maximum atomic E-state index is 12.2. The Morgan fingerprint density at radius 1 is 1.09 bits per heavy atom. The molecule has 1 aromatic heterocycles. The third-order valence-electron chi connectivity index (χ3n) is 3.48. The molecule has 0 bridgehead atoms. The van der Waals surface area contributed by atoms with Gasteiger partial charge in [0.25, 0.3) is 0 Å². The molecule has 0 aliphatic heterocycles. The molecule has 0 saturated heterocycles. The molecule has 1 amide bonds. The van der Waals surface area contributed by atoms with E-state index in [-0.39, 0.29) is 24.0 Å². The molecule has 118 valence electrons. The third-order valence-corrected chi connectivity index (χ3v) is 4.42. The number of carbonyl (C=O) groups is 1. The van der Waals surface area contributed by atoms with Crippen LogP contribution in [0.5, 0.6) is 0 Å². The van der Waals surface area contributed by atoms with Crippen LogP contribution in [0.3, 0.4) is 0 Å². The maximum Gasteiger partial charge on any atom is 0.237 e. The van der Waals surface area contributed by atoms with Crippen LogP contribution in [0.4, 0.5) is 0 Å². The van der Waals surface area contributed by atoms with Gasteiger partial charge in [0.15, 0.2) is 0 Å². The third kappa shape index (κ3) is 4.42. The van der Waals surface area contributed by atoms with Gasteiger partial charge in [0.05, 0.1) is 12.1 Å². The van der Waals surface area contributed by atoms with Crippen LogP contribution in [0.2, 0.25) is 0 Å². The van der Waals surface area contributed by atoms with Gasteiger partial charge in [-0.3, -0.25) is 10.1 Å². The molecule has 2 rings (SSSR count). The summed E-state index contributed by atoms with van der Waals surface area (Å²) >= 11 is 1.70. The van der Waals surface area contributed by atoms with Crippen LogP contribution < -0.4 is 10.6 Å². The summed E-state index contributed by atoms with van der Waals surface area (Å²) in [4.78, 5) is 13.4. The van der Waals surface area contributed by atoms with Gasteiger partial charge in [0.2, 0.25) is 5.91 Å². The maximum absolute atomic E-state index is 12.2. The van der Waals surface area contributed by atoms with Crippen molar-refractivity contribution in [3.8, 4) is 0 Å². The van der Waals surface area contributed by atoms with E-state index >= 15 is 0 Å². The number of carbonyl (C=O) groups excluding carboxylic acids is 1. The number of amides is 1. The SMILES string of the molecule is Cc1ccc([C@H](N[C@H](C)C(=O)NC(C)C)c2cccs2)cc1. The van der Waals surface area contributed by atoms with Crippen molar-refractivity contribution in [2.45, 2.75) is 45.8 Å².